The summed E-state index contributed by atoms with van der Waals surface area (Å²) in [5.74, 6) is -2.42. The molecule has 1 amide bonds. The fourth-order valence-corrected chi connectivity index (χ4v) is 1.04. The second-order valence-corrected chi connectivity index (χ2v) is 3.03. The molecule has 0 heterocycles. The molecule has 0 aliphatic carbocycles. The molecule has 6 heteroatoms. The van der Waals surface area contributed by atoms with Gasteiger partial charge in [-0.1, -0.05) is 0 Å². The van der Waals surface area contributed by atoms with Crippen molar-refractivity contribution >= 4 is 18.3 Å². The Bertz CT molecular complexity index is 361. The first-order valence-corrected chi connectivity index (χ1v) is 4.58. The average Bonchev–Trinajstić information content (AvgIpc) is 2.22. The molecular weight excluding hydrogens is 238 g/mol. The van der Waals surface area contributed by atoms with Gasteiger partial charge in [0.25, 0.3) is 5.91 Å². The Morgan fingerprint density at radius 3 is 2.56 bits per heavy atom. The lowest BCUT2D eigenvalue weighted by Crippen LogP contribution is -2.26. The number of carbonyl (C=O) groups is 1. The molecule has 0 fully saturated rings. The van der Waals surface area contributed by atoms with E-state index in [1.54, 1.807) is 0 Å². The maximum Gasteiger partial charge on any atom is 0.251 e. The number of halogens is 3. The highest BCUT2D eigenvalue weighted by Gasteiger charge is 2.08. The number of nitrogens with one attached hydrogen (secondary N) is 1. The molecule has 0 aromatic heterocycles. The largest absolute Gasteiger partial charge is 0.352 e. The van der Waals surface area contributed by atoms with E-state index in [1.165, 1.54) is 6.07 Å². The van der Waals surface area contributed by atoms with Crippen LogP contribution in [0.15, 0.2) is 18.2 Å². The van der Waals surface area contributed by atoms with Crippen molar-refractivity contribution in [1.82, 2.24) is 5.32 Å². The van der Waals surface area contributed by atoms with E-state index in [4.69, 9.17) is 5.73 Å². The van der Waals surface area contributed by atoms with Gasteiger partial charge in [-0.15, -0.1) is 12.4 Å². The van der Waals surface area contributed by atoms with Crippen LogP contribution >= 0.6 is 12.4 Å². The van der Waals surface area contributed by atoms with Gasteiger partial charge < -0.3 is 11.1 Å². The van der Waals surface area contributed by atoms with Gasteiger partial charge >= 0.3 is 0 Å². The zero-order chi connectivity index (χ0) is 11.3. The van der Waals surface area contributed by atoms with Gasteiger partial charge in [0, 0.05) is 12.1 Å². The van der Waals surface area contributed by atoms with Gasteiger partial charge in [-0.05, 0) is 31.2 Å². The summed E-state index contributed by atoms with van der Waals surface area (Å²) in [6, 6.07) is 3.02. The first kappa shape index (κ1) is 14.8. The molecule has 1 aromatic carbocycles. The van der Waals surface area contributed by atoms with E-state index < -0.39 is 17.5 Å². The molecule has 1 rings (SSSR count). The first-order chi connectivity index (χ1) is 7.15. The molecule has 0 spiro atoms. The summed E-state index contributed by atoms with van der Waals surface area (Å²) < 4.78 is 25.3. The highest BCUT2D eigenvalue weighted by molar-refractivity contribution is 5.94. The lowest BCUT2D eigenvalue weighted by molar-refractivity contribution is 0.0953. The quantitative estimate of drug-likeness (QED) is 0.795. The Kier molecular flexibility index (Phi) is 6.60. The number of rotatable bonds is 4. The van der Waals surface area contributed by atoms with Crippen molar-refractivity contribution in [2.24, 2.45) is 5.73 Å². The molecule has 0 atom stereocenters. The fourth-order valence-electron chi connectivity index (χ4n) is 1.04. The Morgan fingerprint density at radius 2 is 2.00 bits per heavy atom. The zero-order valence-corrected chi connectivity index (χ0v) is 9.32. The van der Waals surface area contributed by atoms with Crippen LogP contribution in [0.3, 0.4) is 0 Å². The van der Waals surface area contributed by atoms with Crippen LogP contribution in [0, 0.1) is 11.6 Å². The normalized spacial score (nSPS) is 9.44. The molecule has 3 nitrogen and oxygen atoms in total. The van der Waals surface area contributed by atoms with Gasteiger partial charge in [-0.2, -0.15) is 0 Å². The van der Waals surface area contributed by atoms with E-state index in [0.717, 1.165) is 12.1 Å². The van der Waals surface area contributed by atoms with Crippen molar-refractivity contribution < 1.29 is 13.6 Å². The van der Waals surface area contributed by atoms with Gasteiger partial charge in [0.2, 0.25) is 0 Å². The van der Waals surface area contributed by atoms with Crippen LogP contribution in [0.1, 0.15) is 16.8 Å². The van der Waals surface area contributed by atoms with E-state index >= 15 is 0 Å². The molecule has 3 N–H and O–H groups in total. The SMILES string of the molecule is Cl.NCCCNC(=O)c1ccc(F)c(F)c1. The number of amides is 1. The Balaban J connectivity index is 0.00000225. The summed E-state index contributed by atoms with van der Waals surface area (Å²) in [7, 11) is 0. The summed E-state index contributed by atoms with van der Waals surface area (Å²) in [6.45, 7) is 0.895. The van der Waals surface area contributed by atoms with E-state index in [1.807, 2.05) is 0 Å². The van der Waals surface area contributed by atoms with Crippen LogP contribution < -0.4 is 11.1 Å². The third kappa shape index (κ3) is 4.12. The molecule has 90 valence electrons. The van der Waals surface area contributed by atoms with Gasteiger partial charge in [0.1, 0.15) is 0 Å². The highest BCUT2D eigenvalue weighted by Crippen LogP contribution is 2.08. The van der Waals surface area contributed by atoms with Crippen molar-refractivity contribution in [3.63, 3.8) is 0 Å². The molecule has 0 aliphatic rings. The third-order valence-corrected chi connectivity index (χ3v) is 1.85. The Hall–Kier alpha value is -1.20. The van der Waals surface area contributed by atoms with Crippen LogP contribution in [0.4, 0.5) is 8.78 Å². The minimum absolute atomic E-state index is 0. The summed E-state index contributed by atoms with van der Waals surface area (Å²) in [5, 5.41) is 2.54. The molecule has 0 unspecified atom stereocenters. The van der Waals surface area contributed by atoms with E-state index in [0.29, 0.717) is 19.5 Å². The fraction of sp³-hybridized carbons (Fsp3) is 0.300. The van der Waals surface area contributed by atoms with Crippen LogP contribution in [0.5, 0.6) is 0 Å². The van der Waals surface area contributed by atoms with Crippen LogP contribution in [0.25, 0.3) is 0 Å². The van der Waals surface area contributed by atoms with Gasteiger partial charge in [0.15, 0.2) is 11.6 Å². The topological polar surface area (TPSA) is 55.1 Å². The molecule has 0 saturated carbocycles. The second-order valence-electron chi connectivity index (χ2n) is 3.03. The van der Waals surface area contributed by atoms with Gasteiger partial charge in [0.05, 0.1) is 0 Å². The van der Waals surface area contributed by atoms with Crippen LogP contribution in [-0.4, -0.2) is 19.0 Å². The predicted molar refractivity (Wildman–Crippen MR) is 59.6 cm³/mol. The summed E-state index contributed by atoms with van der Waals surface area (Å²) >= 11 is 0. The molecule has 1 aromatic rings. The van der Waals surface area contributed by atoms with Crippen molar-refractivity contribution in [3.05, 3.63) is 35.4 Å². The van der Waals surface area contributed by atoms with E-state index in [2.05, 4.69) is 5.32 Å². The van der Waals surface area contributed by atoms with Gasteiger partial charge in [-0.25, -0.2) is 8.78 Å². The molecule has 0 bridgehead atoms. The molecule has 0 aliphatic heterocycles. The smallest absolute Gasteiger partial charge is 0.251 e. The number of hydrogen-bond donors (Lipinski definition) is 2. The lowest BCUT2D eigenvalue weighted by Gasteiger charge is -2.04. The van der Waals surface area contributed by atoms with Crippen molar-refractivity contribution in [2.75, 3.05) is 13.1 Å². The average molecular weight is 251 g/mol. The number of nitrogens with two attached hydrogens (primary N) is 1. The second kappa shape index (κ2) is 7.14. The molecule has 0 radical (unpaired) electrons. The minimum Gasteiger partial charge on any atom is -0.352 e. The van der Waals surface area contributed by atoms with Crippen molar-refractivity contribution in [3.8, 4) is 0 Å². The Labute approximate surface area is 98.4 Å². The molecule has 0 saturated heterocycles. The monoisotopic (exact) mass is 250 g/mol. The standard InChI is InChI=1S/C10H12F2N2O.ClH/c11-8-3-2-7(6-9(8)12)10(15)14-5-1-4-13;/h2-3,6H,1,4-5,13H2,(H,14,15);1H. The third-order valence-electron chi connectivity index (χ3n) is 1.85. The number of benzene rings is 1. The van der Waals surface area contributed by atoms with Gasteiger partial charge in [-0.3, -0.25) is 4.79 Å². The van der Waals surface area contributed by atoms with E-state index in [-0.39, 0.29) is 18.0 Å². The van der Waals surface area contributed by atoms with Crippen LogP contribution in [0.2, 0.25) is 0 Å². The minimum atomic E-state index is -1.03. The first-order valence-electron chi connectivity index (χ1n) is 4.58. The molecule has 16 heavy (non-hydrogen) atoms. The number of carbonyl (C=O) groups excluding carboxylic acids is 1. The maximum absolute atomic E-state index is 12.8. The zero-order valence-electron chi connectivity index (χ0n) is 8.50. The lowest BCUT2D eigenvalue weighted by atomic mass is 10.2. The maximum atomic E-state index is 12.8. The summed E-state index contributed by atoms with van der Waals surface area (Å²) in [5.41, 5.74) is 5.34. The molecular formula is C10H13ClF2N2O. The number of hydrogen-bond acceptors (Lipinski definition) is 2. The highest BCUT2D eigenvalue weighted by atomic mass is 35.5. The summed E-state index contributed by atoms with van der Waals surface area (Å²) in [6.07, 6.45) is 0.648. The predicted octanol–water partition coefficient (Wildman–Crippen LogP) is 1.47. The Morgan fingerprint density at radius 1 is 1.31 bits per heavy atom. The summed E-state index contributed by atoms with van der Waals surface area (Å²) in [4.78, 5) is 11.3. The van der Waals surface area contributed by atoms with E-state index in [9.17, 15) is 13.6 Å². The van der Waals surface area contributed by atoms with Crippen molar-refractivity contribution in [1.29, 1.82) is 0 Å². The van der Waals surface area contributed by atoms with Crippen molar-refractivity contribution in [2.45, 2.75) is 6.42 Å². The van der Waals surface area contributed by atoms with Crippen LogP contribution in [-0.2, 0) is 0 Å².